The van der Waals surface area contributed by atoms with Gasteiger partial charge in [0.2, 0.25) is 0 Å². The normalized spacial score (nSPS) is 27.1. The Balaban J connectivity index is 2.69. The van der Waals surface area contributed by atoms with Crippen molar-refractivity contribution in [2.45, 2.75) is 25.3 Å². The summed E-state index contributed by atoms with van der Waals surface area (Å²) in [4.78, 5) is 10.7. The van der Waals surface area contributed by atoms with Crippen LogP contribution in [-0.2, 0) is 0 Å². The van der Waals surface area contributed by atoms with Crippen LogP contribution in [0, 0.1) is 0 Å². The van der Waals surface area contributed by atoms with Crippen LogP contribution >= 0.6 is 0 Å². The molecule has 12 heavy (non-hydrogen) atoms. The van der Waals surface area contributed by atoms with Crippen molar-refractivity contribution in [3.05, 3.63) is 24.3 Å². The summed E-state index contributed by atoms with van der Waals surface area (Å²) in [6, 6.07) is -0.461. The maximum absolute atomic E-state index is 10.7. The van der Waals surface area contributed by atoms with E-state index in [4.69, 9.17) is 5.73 Å². The van der Waals surface area contributed by atoms with Crippen LogP contribution in [0.2, 0.25) is 0 Å². The molecule has 0 saturated carbocycles. The van der Waals surface area contributed by atoms with Gasteiger partial charge in [-0.05, 0) is 12.8 Å². The highest BCUT2D eigenvalue weighted by Gasteiger charge is 2.25. The molecule has 3 heteroatoms. The molecule has 66 valence electrons. The molecule has 1 aliphatic carbocycles. The molecule has 0 unspecified atom stereocenters. The van der Waals surface area contributed by atoms with Crippen LogP contribution in [0.1, 0.15) is 19.8 Å². The number of primary amides is 1. The van der Waals surface area contributed by atoms with Gasteiger partial charge in [0.15, 0.2) is 0 Å². The first-order valence-electron chi connectivity index (χ1n) is 4.10. The fourth-order valence-electron chi connectivity index (χ4n) is 1.35. The molecular formula is C9H14N2O. The zero-order valence-electron chi connectivity index (χ0n) is 7.21. The predicted octanol–water partition coefficient (Wildman–Crippen LogP) is 1.32. The molecule has 0 bridgehead atoms. The first-order valence-corrected chi connectivity index (χ1v) is 4.10. The van der Waals surface area contributed by atoms with E-state index in [1.165, 1.54) is 0 Å². The van der Waals surface area contributed by atoms with Gasteiger partial charge in [0.25, 0.3) is 0 Å². The average Bonchev–Trinajstić information content (AvgIpc) is 2.05. The van der Waals surface area contributed by atoms with Gasteiger partial charge >= 0.3 is 6.03 Å². The number of rotatable bonds is 2. The Morgan fingerprint density at radius 2 is 2.42 bits per heavy atom. The molecule has 0 aromatic carbocycles. The minimum Gasteiger partial charge on any atom is -0.352 e. The molecule has 0 radical (unpaired) electrons. The maximum Gasteiger partial charge on any atom is 0.312 e. The number of hydrogen-bond acceptors (Lipinski definition) is 1. The average molecular weight is 166 g/mol. The fraction of sp³-hybridized carbons (Fsp3) is 0.444. The summed E-state index contributed by atoms with van der Waals surface area (Å²) in [5, 5.41) is 2.75. The molecule has 1 atom stereocenters. The molecule has 1 aliphatic rings. The molecule has 0 fully saturated rings. The molecule has 2 amide bonds. The van der Waals surface area contributed by atoms with Crippen molar-refractivity contribution in [3.63, 3.8) is 0 Å². The molecule has 3 nitrogen and oxygen atoms in total. The van der Waals surface area contributed by atoms with Crippen LogP contribution in [0.5, 0.6) is 0 Å². The molecule has 0 aromatic heterocycles. The molecule has 0 spiro atoms. The van der Waals surface area contributed by atoms with Crippen molar-refractivity contribution < 1.29 is 4.79 Å². The molecule has 0 aromatic rings. The minimum atomic E-state index is -0.461. The summed E-state index contributed by atoms with van der Waals surface area (Å²) in [7, 11) is 0. The van der Waals surface area contributed by atoms with Crippen LogP contribution in [-0.4, -0.2) is 11.6 Å². The van der Waals surface area contributed by atoms with Crippen molar-refractivity contribution in [2.24, 2.45) is 5.73 Å². The van der Waals surface area contributed by atoms with Crippen LogP contribution in [0.15, 0.2) is 24.3 Å². The minimum absolute atomic E-state index is 0.249. The van der Waals surface area contributed by atoms with Crippen molar-refractivity contribution >= 4 is 6.03 Å². The summed E-state index contributed by atoms with van der Waals surface area (Å²) in [6.45, 7) is 2.03. The van der Waals surface area contributed by atoms with Crippen molar-refractivity contribution in [3.8, 4) is 0 Å². The van der Waals surface area contributed by atoms with Gasteiger partial charge in [-0.3, -0.25) is 0 Å². The lowest BCUT2D eigenvalue weighted by molar-refractivity contribution is 0.238. The smallest absolute Gasteiger partial charge is 0.312 e. The van der Waals surface area contributed by atoms with E-state index < -0.39 is 6.03 Å². The Morgan fingerprint density at radius 1 is 1.67 bits per heavy atom. The molecular weight excluding hydrogens is 152 g/mol. The van der Waals surface area contributed by atoms with Crippen molar-refractivity contribution in [2.75, 3.05) is 0 Å². The predicted molar refractivity (Wildman–Crippen MR) is 48.6 cm³/mol. The number of amides is 2. The number of nitrogens with two attached hydrogens (primary N) is 1. The highest BCUT2D eigenvalue weighted by Crippen LogP contribution is 2.20. The van der Waals surface area contributed by atoms with Crippen LogP contribution < -0.4 is 11.1 Å². The molecule has 0 heterocycles. The monoisotopic (exact) mass is 166 g/mol. The van der Waals surface area contributed by atoms with Crippen molar-refractivity contribution in [1.82, 2.24) is 5.32 Å². The van der Waals surface area contributed by atoms with Crippen LogP contribution in [0.25, 0.3) is 0 Å². The highest BCUT2D eigenvalue weighted by molar-refractivity contribution is 5.73. The highest BCUT2D eigenvalue weighted by atomic mass is 16.2. The van der Waals surface area contributed by atoms with Gasteiger partial charge in [0.1, 0.15) is 0 Å². The van der Waals surface area contributed by atoms with E-state index in [0.717, 1.165) is 12.8 Å². The van der Waals surface area contributed by atoms with Gasteiger partial charge in [-0.15, -0.1) is 0 Å². The Morgan fingerprint density at radius 3 is 2.83 bits per heavy atom. The second-order valence-electron chi connectivity index (χ2n) is 2.99. The standard InChI is InChI=1S/C9H14N2O/c1-2-9(11-8(10)12)6-4-3-5-7-9/h3-6H,2,7H2,1H3,(H3,10,11,12)/t9-/m0/s1. The molecule has 0 saturated heterocycles. The quantitative estimate of drug-likeness (QED) is 0.638. The zero-order chi connectivity index (χ0) is 9.03. The summed E-state index contributed by atoms with van der Waals surface area (Å²) in [5.74, 6) is 0. The largest absolute Gasteiger partial charge is 0.352 e. The van der Waals surface area contributed by atoms with Gasteiger partial charge < -0.3 is 11.1 Å². The van der Waals surface area contributed by atoms with E-state index in [-0.39, 0.29) is 5.54 Å². The number of allylic oxidation sites excluding steroid dienone is 2. The number of carbonyl (C=O) groups excluding carboxylic acids is 1. The molecule has 0 aliphatic heterocycles. The summed E-state index contributed by atoms with van der Waals surface area (Å²) in [6.07, 6.45) is 9.59. The third-order valence-electron chi connectivity index (χ3n) is 2.15. The van der Waals surface area contributed by atoms with E-state index in [2.05, 4.69) is 5.32 Å². The van der Waals surface area contributed by atoms with Crippen LogP contribution in [0.4, 0.5) is 4.79 Å². The summed E-state index contributed by atoms with van der Waals surface area (Å²) in [5.41, 5.74) is 4.83. The van der Waals surface area contributed by atoms with Gasteiger partial charge in [0, 0.05) is 0 Å². The van der Waals surface area contributed by atoms with E-state index in [9.17, 15) is 4.79 Å². The van der Waals surface area contributed by atoms with E-state index in [0.29, 0.717) is 0 Å². The van der Waals surface area contributed by atoms with Gasteiger partial charge in [-0.2, -0.15) is 0 Å². The van der Waals surface area contributed by atoms with Gasteiger partial charge in [-0.25, -0.2) is 4.79 Å². The topological polar surface area (TPSA) is 55.1 Å². The van der Waals surface area contributed by atoms with E-state index in [1.807, 2.05) is 31.2 Å². The van der Waals surface area contributed by atoms with E-state index in [1.54, 1.807) is 0 Å². The maximum atomic E-state index is 10.7. The second kappa shape index (κ2) is 3.43. The summed E-state index contributed by atoms with van der Waals surface area (Å²) >= 11 is 0. The van der Waals surface area contributed by atoms with Gasteiger partial charge in [0.05, 0.1) is 5.54 Å². The van der Waals surface area contributed by atoms with Gasteiger partial charge in [-0.1, -0.05) is 31.2 Å². The zero-order valence-corrected chi connectivity index (χ0v) is 7.21. The molecule has 3 N–H and O–H groups in total. The van der Waals surface area contributed by atoms with Crippen LogP contribution in [0.3, 0.4) is 0 Å². The first-order chi connectivity index (χ1) is 5.68. The van der Waals surface area contributed by atoms with E-state index >= 15 is 0 Å². The number of carbonyl (C=O) groups is 1. The number of hydrogen-bond donors (Lipinski definition) is 2. The Hall–Kier alpha value is -1.25. The third-order valence-corrected chi connectivity index (χ3v) is 2.15. The Kier molecular flexibility index (Phi) is 2.53. The first kappa shape index (κ1) is 8.84. The summed E-state index contributed by atoms with van der Waals surface area (Å²) < 4.78 is 0. The second-order valence-corrected chi connectivity index (χ2v) is 2.99. The lowest BCUT2D eigenvalue weighted by atomic mass is 9.89. The Labute approximate surface area is 72.3 Å². The lowest BCUT2D eigenvalue weighted by Gasteiger charge is -2.30. The number of urea groups is 1. The number of nitrogens with one attached hydrogen (secondary N) is 1. The third kappa shape index (κ3) is 1.87. The van der Waals surface area contributed by atoms with Crippen molar-refractivity contribution in [1.29, 1.82) is 0 Å². The molecule has 1 rings (SSSR count). The Bertz CT molecular complexity index is 233. The fourth-order valence-corrected chi connectivity index (χ4v) is 1.35. The lowest BCUT2D eigenvalue weighted by Crippen LogP contribution is -2.49. The SMILES string of the molecule is CC[C@]1(NC(N)=O)C=CC=CC1.